The summed E-state index contributed by atoms with van der Waals surface area (Å²) in [7, 11) is -0.428. The minimum atomic E-state index is -0.428. The summed E-state index contributed by atoms with van der Waals surface area (Å²) in [6.07, 6.45) is 6.57. The highest BCUT2D eigenvalue weighted by atomic mass is 16.7. The van der Waals surface area contributed by atoms with Crippen molar-refractivity contribution in [2.45, 2.75) is 65.1 Å². The first-order valence-electron chi connectivity index (χ1n) is 9.25. The van der Waals surface area contributed by atoms with Crippen molar-refractivity contribution in [3.63, 3.8) is 0 Å². The van der Waals surface area contributed by atoms with E-state index in [9.17, 15) is 5.11 Å². The fraction of sp³-hybridized carbons (Fsp3) is 0.778. The molecule has 0 amide bonds. The van der Waals surface area contributed by atoms with Gasteiger partial charge in [-0.05, 0) is 52.4 Å². The second-order valence-corrected chi connectivity index (χ2v) is 8.40. The maximum atomic E-state index is 9.66. The molecule has 1 N–H and O–H groups in total. The van der Waals surface area contributed by atoms with Gasteiger partial charge in [0.15, 0.2) is 0 Å². The van der Waals surface area contributed by atoms with Crippen LogP contribution in [0.5, 0.6) is 0 Å². The first kappa shape index (κ1) is 18.6. The molecule has 0 saturated carbocycles. The van der Waals surface area contributed by atoms with Crippen molar-refractivity contribution in [2.24, 2.45) is 5.41 Å². The lowest BCUT2D eigenvalue weighted by molar-refractivity contribution is 0.00578. The van der Waals surface area contributed by atoms with Gasteiger partial charge in [0.05, 0.1) is 11.2 Å². The van der Waals surface area contributed by atoms with Crippen LogP contribution in [-0.4, -0.2) is 53.1 Å². The van der Waals surface area contributed by atoms with Crippen molar-refractivity contribution in [3.05, 3.63) is 12.4 Å². The van der Waals surface area contributed by atoms with E-state index in [1.165, 1.54) is 0 Å². The molecule has 2 aliphatic heterocycles. The predicted molar refractivity (Wildman–Crippen MR) is 99.0 cm³/mol. The number of nitrogens with zero attached hydrogens (tertiary/aromatic N) is 3. The molecule has 0 spiro atoms. The Hall–Kier alpha value is -1.18. The van der Waals surface area contributed by atoms with E-state index < -0.39 is 7.12 Å². The summed E-state index contributed by atoms with van der Waals surface area (Å²) in [5.41, 5.74) is 0.185. The van der Waals surface area contributed by atoms with Crippen LogP contribution < -0.4 is 10.4 Å². The number of hydrogen-bond donors (Lipinski definition) is 1. The van der Waals surface area contributed by atoms with Crippen molar-refractivity contribution >= 4 is 18.5 Å². The van der Waals surface area contributed by atoms with Gasteiger partial charge in [-0.15, -0.1) is 0 Å². The predicted octanol–water partition coefficient (Wildman–Crippen LogP) is 1.76. The molecule has 7 heteroatoms. The van der Waals surface area contributed by atoms with Crippen LogP contribution in [0.1, 0.15) is 53.9 Å². The highest BCUT2D eigenvalue weighted by Crippen LogP contribution is 2.37. The van der Waals surface area contributed by atoms with Crippen LogP contribution in [0.2, 0.25) is 0 Å². The molecule has 6 nitrogen and oxygen atoms in total. The largest absolute Gasteiger partial charge is 0.498 e. The van der Waals surface area contributed by atoms with Crippen LogP contribution in [0.25, 0.3) is 0 Å². The summed E-state index contributed by atoms with van der Waals surface area (Å²) >= 11 is 0. The highest BCUT2D eigenvalue weighted by molar-refractivity contribution is 6.61. The zero-order valence-electron chi connectivity index (χ0n) is 16.1. The number of aliphatic hydroxyl groups excluding tert-OH is 1. The normalized spacial score (nSPS) is 24.6. The van der Waals surface area contributed by atoms with E-state index in [-0.39, 0.29) is 23.2 Å². The Morgan fingerprint density at radius 3 is 2.04 bits per heavy atom. The number of aromatic nitrogens is 2. The lowest BCUT2D eigenvalue weighted by atomic mass is 9.77. The Labute approximate surface area is 151 Å². The maximum Gasteiger partial charge on any atom is 0.498 e. The molecule has 0 bridgehead atoms. The summed E-state index contributed by atoms with van der Waals surface area (Å²) in [6, 6.07) is 0. The highest BCUT2D eigenvalue weighted by Gasteiger charge is 2.52. The summed E-state index contributed by atoms with van der Waals surface area (Å²) in [5, 5.41) is 9.66. The van der Waals surface area contributed by atoms with Gasteiger partial charge in [-0.25, -0.2) is 9.97 Å². The molecule has 0 radical (unpaired) electrons. The van der Waals surface area contributed by atoms with E-state index in [2.05, 4.69) is 21.8 Å². The Bertz CT molecular complexity index is 576. The molecular formula is C18H30BN3O3. The molecule has 25 heavy (non-hydrogen) atoms. The Balaban J connectivity index is 1.66. The molecule has 2 aliphatic rings. The van der Waals surface area contributed by atoms with Crippen molar-refractivity contribution in [3.8, 4) is 0 Å². The summed E-state index contributed by atoms with van der Waals surface area (Å²) < 4.78 is 12.1. The molecule has 2 fully saturated rings. The number of piperidine rings is 1. The van der Waals surface area contributed by atoms with Gasteiger partial charge in [0, 0.05) is 37.6 Å². The van der Waals surface area contributed by atoms with E-state index in [0.29, 0.717) is 0 Å². The second-order valence-electron chi connectivity index (χ2n) is 8.40. The van der Waals surface area contributed by atoms with E-state index in [1.54, 1.807) is 12.4 Å². The van der Waals surface area contributed by atoms with Crippen molar-refractivity contribution in [2.75, 3.05) is 24.6 Å². The zero-order valence-corrected chi connectivity index (χ0v) is 16.1. The SMILES string of the molecule is CCC1(CO)CCN(c2ncc(B3OC(C)(C)C(C)(C)O3)cn2)CC1. The summed E-state index contributed by atoms with van der Waals surface area (Å²) in [4.78, 5) is 11.3. The molecule has 1 aromatic heterocycles. The molecule has 0 aromatic carbocycles. The summed E-state index contributed by atoms with van der Waals surface area (Å²) in [6.45, 7) is 12.3. The molecule has 2 saturated heterocycles. The third-order valence-electron chi connectivity index (χ3n) is 6.38. The van der Waals surface area contributed by atoms with Crippen LogP contribution in [0.15, 0.2) is 12.4 Å². The number of aliphatic hydroxyl groups is 1. The van der Waals surface area contributed by atoms with E-state index in [1.807, 2.05) is 27.7 Å². The molecule has 138 valence electrons. The van der Waals surface area contributed by atoms with Gasteiger partial charge in [0.2, 0.25) is 5.95 Å². The Morgan fingerprint density at radius 2 is 1.60 bits per heavy atom. The molecule has 3 heterocycles. The van der Waals surface area contributed by atoms with Crippen molar-refractivity contribution in [1.29, 1.82) is 0 Å². The van der Waals surface area contributed by atoms with E-state index in [0.717, 1.165) is 43.8 Å². The molecule has 0 atom stereocenters. The van der Waals surface area contributed by atoms with Crippen molar-refractivity contribution < 1.29 is 14.4 Å². The minimum Gasteiger partial charge on any atom is -0.399 e. The number of anilines is 1. The van der Waals surface area contributed by atoms with Gasteiger partial charge >= 0.3 is 7.12 Å². The van der Waals surface area contributed by atoms with Gasteiger partial charge in [-0.1, -0.05) is 6.92 Å². The van der Waals surface area contributed by atoms with Gasteiger partial charge < -0.3 is 19.3 Å². The van der Waals surface area contributed by atoms with Gasteiger partial charge in [-0.3, -0.25) is 0 Å². The summed E-state index contributed by atoms with van der Waals surface area (Å²) in [5.74, 6) is 0.739. The first-order valence-corrected chi connectivity index (χ1v) is 9.25. The van der Waals surface area contributed by atoms with Crippen LogP contribution in [0.3, 0.4) is 0 Å². The average molecular weight is 347 g/mol. The lowest BCUT2D eigenvalue weighted by Crippen LogP contribution is -2.43. The Morgan fingerprint density at radius 1 is 1.08 bits per heavy atom. The van der Waals surface area contributed by atoms with E-state index in [4.69, 9.17) is 9.31 Å². The molecular weight excluding hydrogens is 317 g/mol. The number of rotatable bonds is 4. The first-order chi connectivity index (χ1) is 11.7. The zero-order chi connectivity index (χ0) is 18.3. The monoisotopic (exact) mass is 347 g/mol. The molecule has 0 aliphatic carbocycles. The van der Waals surface area contributed by atoms with Gasteiger partial charge in [-0.2, -0.15) is 0 Å². The number of hydrogen-bond acceptors (Lipinski definition) is 6. The molecule has 1 aromatic rings. The minimum absolute atomic E-state index is 0.0686. The quantitative estimate of drug-likeness (QED) is 0.838. The topological polar surface area (TPSA) is 67.7 Å². The van der Waals surface area contributed by atoms with Gasteiger partial charge in [0.1, 0.15) is 0 Å². The molecule has 3 rings (SSSR count). The standard InChI is InChI=1S/C18H30BN3O3/c1-6-18(13-23)7-9-22(10-8-18)15-20-11-14(12-21-15)19-24-16(2,3)17(4,5)25-19/h11-12,23H,6-10,13H2,1-5H3. The molecule has 0 unspecified atom stereocenters. The fourth-order valence-corrected chi connectivity index (χ4v) is 3.40. The van der Waals surface area contributed by atoms with Crippen LogP contribution in [0.4, 0.5) is 5.95 Å². The van der Waals surface area contributed by atoms with Crippen LogP contribution in [0, 0.1) is 5.41 Å². The van der Waals surface area contributed by atoms with Gasteiger partial charge in [0.25, 0.3) is 0 Å². The fourth-order valence-electron chi connectivity index (χ4n) is 3.40. The lowest BCUT2D eigenvalue weighted by Gasteiger charge is -2.40. The smallest absolute Gasteiger partial charge is 0.399 e. The van der Waals surface area contributed by atoms with Crippen molar-refractivity contribution in [1.82, 2.24) is 9.97 Å². The van der Waals surface area contributed by atoms with E-state index >= 15 is 0 Å². The average Bonchev–Trinajstić information content (AvgIpc) is 2.83. The maximum absolute atomic E-state index is 9.66. The third kappa shape index (κ3) is 3.42. The Kier molecular flexibility index (Phi) is 4.86. The van der Waals surface area contributed by atoms with Crippen LogP contribution in [-0.2, 0) is 9.31 Å². The van der Waals surface area contributed by atoms with Crippen LogP contribution >= 0.6 is 0 Å². The second kappa shape index (κ2) is 6.52. The third-order valence-corrected chi connectivity index (χ3v) is 6.38.